The van der Waals surface area contributed by atoms with Crippen LogP contribution >= 0.6 is 0 Å². The molecular formula is C40H57N7O7S. The average Bonchev–Trinajstić information content (AvgIpc) is 4.07. The van der Waals surface area contributed by atoms with Crippen LogP contribution in [-0.2, 0) is 29.2 Å². The van der Waals surface area contributed by atoms with Crippen LogP contribution in [0, 0.1) is 33.5 Å². The number of sulfonamides is 1. The van der Waals surface area contributed by atoms with E-state index in [1.54, 1.807) is 11.0 Å². The summed E-state index contributed by atoms with van der Waals surface area (Å²) in [7, 11) is -3.88. The van der Waals surface area contributed by atoms with E-state index >= 15 is 4.79 Å². The Bertz CT molecular complexity index is 1870. The van der Waals surface area contributed by atoms with Crippen molar-refractivity contribution in [2.24, 2.45) is 33.5 Å². The molecule has 4 N–H and O–H groups in total. The molecule has 6 fully saturated rings. The van der Waals surface area contributed by atoms with Gasteiger partial charge in [0.05, 0.1) is 11.4 Å². The van der Waals surface area contributed by atoms with Gasteiger partial charge in [0.2, 0.25) is 27.7 Å². The minimum absolute atomic E-state index is 0.0264. The highest BCUT2D eigenvalue weighted by molar-refractivity contribution is 7.91. The quantitative estimate of drug-likeness (QED) is 0.231. The summed E-state index contributed by atoms with van der Waals surface area (Å²) < 4.78 is 27.8. The summed E-state index contributed by atoms with van der Waals surface area (Å²) in [6.45, 7) is 14.1. The number of nitrogens with zero attached hydrogens (tertiary/aromatic N) is 3. The molecule has 15 heteroatoms. The van der Waals surface area contributed by atoms with Gasteiger partial charge in [0.15, 0.2) is 0 Å². The lowest BCUT2D eigenvalue weighted by Gasteiger charge is -2.38. The lowest BCUT2D eigenvalue weighted by Crippen LogP contribution is -2.62. The first-order valence-corrected chi connectivity index (χ1v) is 21.6. The fourth-order valence-electron chi connectivity index (χ4n) is 10.6. The first-order valence-electron chi connectivity index (χ1n) is 20.0. The zero-order valence-corrected chi connectivity index (χ0v) is 33.6. The molecule has 0 radical (unpaired) electrons. The summed E-state index contributed by atoms with van der Waals surface area (Å²) in [4.78, 5) is 80.7. The predicted molar refractivity (Wildman–Crippen MR) is 203 cm³/mol. The van der Waals surface area contributed by atoms with Gasteiger partial charge in [-0.15, -0.1) is 6.58 Å². The van der Waals surface area contributed by atoms with Crippen LogP contribution in [0.25, 0.3) is 0 Å². The second kappa shape index (κ2) is 13.7. The number of fused-ring (bicyclic) bond motifs is 1. The van der Waals surface area contributed by atoms with Crippen LogP contribution < -0.4 is 20.7 Å². The summed E-state index contributed by atoms with van der Waals surface area (Å²) in [6.07, 6.45) is 14.7. The number of carbonyl (C=O) groups is 5. The van der Waals surface area contributed by atoms with Gasteiger partial charge >= 0.3 is 0 Å². The maximum absolute atomic E-state index is 15.1. The van der Waals surface area contributed by atoms with Crippen LogP contribution in [0.4, 0.5) is 0 Å². The van der Waals surface area contributed by atoms with Crippen LogP contribution in [0.3, 0.4) is 0 Å². The molecule has 14 nitrogen and oxygen atoms in total. The van der Waals surface area contributed by atoms with Gasteiger partial charge in [-0.3, -0.25) is 33.7 Å². The first kappa shape index (κ1) is 39.4. The molecule has 1 aromatic rings. The maximum Gasteiger partial charge on any atom is 0.272 e. The van der Waals surface area contributed by atoms with Crippen molar-refractivity contribution in [3.8, 4) is 0 Å². The molecule has 6 aliphatic rings. The second-order valence-corrected chi connectivity index (χ2v) is 20.7. The zero-order chi connectivity index (χ0) is 39.8. The lowest BCUT2D eigenvalue weighted by molar-refractivity contribution is -0.145. The summed E-state index contributed by atoms with van der Waals surface area (Å²) in [5, 5.41) is 8.25. The summed E-state index contributed by atoms with van der Waals surface area (Å²) in [5.41, 5.74) is -2.74. The van der Waals surface area contributed by atoms with Crippen molar-refractivity contribution >= 4 is 39.6 Å². The molecule has 7 rings (SSSR count). The van der Waals surface area contributed by atoms with Crippen LogP contribution in [0.2, 0.25) is 0 Å². The van der Waals surface area contributed by atoms with E-state index in [1.165, 1.54) is 18.6 Å². The third-order valence-corrected chi connectivity index (χ3v) is 16.4. The van der Waals surface area contributed by atoms with Crippen LogP contribution in [0.5, 0.6) is 0 Å². The van der Waals surface area contributed by atoms with E-state index < -0.39 is 79.8 Å². The Morgan fingerprint density at radius 3 is 2.16 bits per heavy atom. The van der Waals surface area contributed by atoms with Gasteiger partial charge in [-0.05, 0) is 73.5 Å². The molecule has 5 saturated carbocycles. The van der Waals surface area contributed by atoms with E-state index in [0.29, 0.717) is 25.8 Å². The number of aromatic nitrogens is 2. The second-order valence-electron chi connectivity index (χ2n) is 18.8. The van der Waals surface area contributed by atoms with Crippen molar-refractivity contribution in [2.45, 2.75) is 141 Å². The summed E-state index contributed by atoms with van der Waals surface area (Å²) in [6, 6.07) is -2.95. The lowest BCUT2D eigenvalue weighted by atomic mass is 9.73. The standard InChI is InChI=1S/C40H57N7O7S/c1-7-25-20-40(25,35(52)46-55(53,54)26-14-15-26)45-32(49)28-21-39(37(5,6)38(39)16-11-17-38)23-47(28)34(51)30(36(2,3)4)44-33(50)29(24-12-9-8-10-13-24)43-31(48)27-22-41-18-19-42-27/h7,18-19,22,24-26,28-30H,1,8-17,20-21,23H2,2-6H3,(H,43,48)(H,44,50)(H,45,49)(H,46,52)/t25-,28+,29+,30-,39-,40-/m1/s1. The number of nitrogens with one attached hydrogen (secondary N) is 4. The summed E-state index contributed by atoms with van der Waals surface area (Å²) >= 11 is 0. The van der Waals surface area contributed by atoms with E-state index in [4.69, 9.17) is 0 Å². The highest BCUT2D eigenvalue weighted by atomic mass is 32.2. The van der Waals surface area contributed by atoms with Gasteiger partial charge < -0.3 is 20.9 Å². The number of hydrogen-bond donors (Lipinski definition) is 4. The predicted octanol–water partition coefficient (Wildman–Crippen LogP) is 3.15. The number of likely N-dealkylation sites (tertiary alicyclic amines) is 1. The molecule has 55 heavy (non-hydrogen) atoms. The fraction of sp³-hybridized carbons (Fsp3) is 0.725. The molecule has 1 aliphatic heterocycles. The molecule has 0 aromatic carbocycles. The molecule has 1 aromatic heterocycles. The molecule has 0 bridgehead atoms. The van der Waals surface area contributed by atoms with E-state index in [9.17, 15) is 27.6 Å². The third kappa shape index (κ3) is 6.55. The fourth-order valence-corrected chi connectivity index (χ4v) is 12.0. The molecule has 6 atom stereocenters. The van der Waals surface area contributed by atoms with E-state index in [2.05, 4.69) is 51.1 Å². The Morgan fingerprint density at radius 2 is 1.64 bits per heavy atom. The van der Waals surface area contributed by atoms with Crippen molar-refractivity contribution in [3.05, 3.63) is 36.9 Å². The van der Waals surface area contributed by atoms with Crippen molar-refractivity contribution in [1.29, 1.82) is 0 Å². The van der Waals surface area contributed by atoms with Gasteiger partial charge in [0, 0.05) is 30.3 Å². The van der Waals surface area contributed by atoms with Gasteiger partial charge in [-0.1, -0.05) is 66.4 Å². The van der Waals surface area contributed by atoms with Gasteiger partial charge in [-0.2, -0.15) is 0 Å². The Hall–Kier alpha value is -3.88. The van der Waals surface area contributed by atoms with Gasteiger partial charge in [0.25, 0.3) is 11.8 Å². The molecule has 0 unspecified atom stereocenters. The molecule has 5 aliphatic carbocycles. The highest BCUT2D eigenvalue weighted by Crippen LogP contribution is 2.88. The third-order valence-electron chi connectivity index (χ3n) is 14.5. The SMILES string of the molecule is C=C[C@@H]1C[C@]1(NC(=O)[C@@H]1C[C@@]2(CN1C(=O)[C@@H](NC(=O)[C@@H](NC(=O)c1cnccn1)C1CCCCC1)C(C)(C)C)C(C)(C)C21CCC1)C(=O)NS(=O)(=O)C1CC1. The van der Waals surface area contributed by atoms with Crippen LogP contribution in [-0.4, -0.2) is 88.3 Å². The summed E-state index contributed by atoms with van der Waals surface area (Å²) in [5.74, 6) is -3.36. The topological polar surface area (TPSA) is 197 Å². The molecule has 5 amide bonds. The van der Waals surface area contributed by atoms with Crippen molar-refractivity contribution in [2.75, 3.05) is 6.54 Å². The number of amides is 5. The first-order chi connectivity index (χ1) is 25.8. The van der Waals surface area contributed by atoms with Gasteiger partial charge in [-0.25, -0.2) is 13.4 Å². The number of rotatable bonds is 12. The molecule has 1 saturated heterocycles. The average molecular weight is 780 g/mol. The minimum atomic E-state index is -3.88. The van der Waals surface area contributed by atoms with Crippen LogP contribution in [0.15, 0.2) is 31.2 Å². The Labute approximate surface area is 324 Å². The molecule has 2 spiro atoms. The normalized spacial score (nSPS) is 30.4. The Kier molecular flexibility index (Phi) is 9.77. The molecular weight excluding hydrogens is 723 g/mol. The molecule has 2 heterocycles. The number of hydrogen-bond acceptors (Lipinski definition) is 9. The Balaban J connectivity index is 1.16. The van der Waals surface area contributed by atoms with Crippen molar-refractivity contribution in [3.63, 3.8) is 0 Å². The minimum Gasteiger partial charge on any atom is -0.342 e. The van der Waals surface area contributed by atoms with E-state index in [0.717, 1.165) is 51.4 Å². The van der Waals surface area contributed by atoms with Crippen molar-refractivity contribution in [1.82, 2.24) is 35.5 Å². The van der Waals surface area contributed by atoms with Crippen molar-refractivity contribution < 1.29 is 32.4 Å². The zero-order valence-electron chi connectivity index (χ0n) is 32.8. The van der Waals surface area contributed by atoms with E-state index in [-0.39, 0.29) is 34.3 Å². The monoisotopic (exact) mass is 779 g/mol. The maximum atomic E-state index is 15.1. The smallest absolute Gasteiger partial charge is 0.272 e. The molecule has 300 valence electrons. The van der Waals surface area contributed by atoms with Crippen LogP contribution in [0.1, 0.15) is 122 Å². The van der Waals surface area contributed by atoms with Gasteiger partial charge in [0.1, 0.15) is 29.4 Å². The van der Waals surface area contributed by atoms with E-state index in [1.807, 2.05) is 20.8 Å². The number of carbonyl (C=O) groups excluding carboxylic acids is 5. The Morgan fingerprint density at radius 1 is 0.945 bits per heavy atom. The highest BCUT2D eigenvalue weighted by Gasteiger charge is 2.85. The largest absolute Gasteiger partial charge is 0.342 e.